The molecule has 1 aliphatic rings. The molecule has 12 heavy (non-hydrogen) atoms. The van der Waals surface area contributed by atoms with Crippen LogP contribution in [0, 0.1) is 5.92 Å². The third-order valence-electron chi connectivity index (χ3n) is 2.75. The van der Waals surface area contributed by atoms with Gasteiger partial charge in [-0.25, -0.2) is 0 Å². The fraction of sp³-hybridized carbons (Fsp3) is 0.455. The van der Waals surface area contributed by atoms with Crippen molar-refractivity contribution in [3.05, 3.63) is 35.9 Å². The average molecular weight is 161 g/mol. The van der Waals surface area contributed by atoms with E-state index in [9.17, 15) is 0 Å². The van der Waals surface area contributed by atoms with Crippen molar-refractivity contribution in [3.63, 3.8) is 0 Å². The monoisotopic (exact) mass is 161 g/mol. The van der Waals surface area contributed by atoms with Crippen LogP contribution in [0.1, 0.15) is 18.4 Å². The molecular weight excluding hydrogens is 146 g/mol. The second-order valence-electron chi connectivity index (χ2n) is 3.65. The lowest BCUT2D eigenvalue weighted by atomic mass is 9.90. The molecule has 0 amide bonds. The lowest BCUT2D eigenvalue weighted by Gasteiger charge is -2.13. The average Bonchev–Trinajstić information content (AvgIpc) is 2.53. The van der Waals surface area contributed by atoms with Crippen LogP contribution in [0.15, 0.2) is 30.3 Å². The van der Waals surface area contributed by atoms with Crippen molar-refractivity contribution >= 4 is 0 Å². The summed E-state index contributed by atoms with van der Waals surface area (Å²) in [5.41, 5.74) is 1.48. The number of rotatable bonds is 1. The van der Waals surface area contributed by atoms with E-state index in [1.807, 2.05) is 0 Å². The predicted molar refractivity (Wildman–Crippen MR) is 51.2 cm³/mol. The Balaban J connectivity index is 2.19. The van der Waals surface area contributed by atoms with Gasteiger partial charge in [0.2, 0.25) is 0 Å². The zero-order valence-electron chi connectivity index (χ0n) is 7.46. The second-order valence-corrected chi connectivity index (χ2v) is 3.65. The summed E-state index contributed by atoms with van der Waals surface area (Å²) in [6.07, 6.45) is 0. The number of benzene rings is 1. The van der Waals surface area contributed by atoms with Gasteiger partial charge in [-0.2, -0.15) is 0 Å². The highest BCUT2D eigenvalue weighted by atomic mass is 14.9. The van der Waals surface area contributed by atoms with Crippen molar-refractivity contribution in [2.24, 2.45) is 5.92 Å². The van der Waals surface area contributed by atoms with E-state index in [0.29, 0.717) is 0 Å². The van der Waals surface area contributed by atoms with Crippen LogP contribution in [-0.4, -0.2) is 13.1 Å². The van der Waals surface area contributed by atoms with Gasteiger partial charge in [0.05, 0.1) is 0 Å². The van der Waals surface area contributed by atoms with Gasteiger partial charge in [0.1, 0.15) is 0 Å². The highest BCUT2D eigenvalue weighted by molar-refractivity contribution is 5.21. The zero-order chi connectivity index (χ0) is 8.39. The summed E-state index contributed by atoms with van der Waals surface area (Å²) in [7, 11) is 0. The predicted octanol–water partition coefficient (Wildman–Crippen LogP) is 2.01. The largest absolute Gasteiger partial charge is 0.316 e. The molecule has 1 fully saturated rings. The summed E-state index contributed by atoms with van der Waals surface area (Å²) in [6.45, 7) is 4.63. The second kappa shape index (κ2) is 3.28. The maximum Gasteiger partial charge on any atom is 0.00233 e. The minimum atomic E-state index is 0.728. The van der Waals surface area contributed by atoms with Gasteiger partial charge in [-0.3, -0.25) is 0 Å². The van der Waals surface area contributed by atoms with Crippen LogP contribution in [0.5, 0.6) is 0 Å². The van der Waals surface area contributed by atoms with Gasteiger partial charge in [0.25, 0.3) is 0 Å². The first kappa shape index (κ1) is 7.81. The van der Waals surface area contributed by atoms with Gasteiger partial charge < -0.3 is 5.32 Å². The van der Waals surface area contributed by atoms with Gasteiger partial charge in [-0.15, -0.1) is 0 Å². The Bertz CT molecular complexity index is 242. The Kier molecular flexibility index (Phi) is 2.13. The standard InChI is InChI=1S/C11H15N/c1-9-7-12-8-11(9)10-5-3-2-4-6-10/h2-6,9,11-12H,7-8H2,1H3/t9-,11-/m0/s1. The van der Waals surface area contributed by atoms with Crippen LogP contribution >= 0.6 is 0 Å². The van der Waals surface area contributed by atoms with E-state index < -0.39 is 0 Å². The molecule has 0 unspecified atom stereocenters. The first-order valence-electron chi connectivity index (χ1n) is 4.63. The van der Waals surface area contributed by atoms with Crippen LogP contribution in [0.4, 0.5) is 0 Å². The Labute approximate surface area is 73.8 Å². The molecule has 1 heteroatoms. The summed E-state index contributed by atoms with van der Waals surface area (Å²) in [5, 5.41) is 3.42. The minimum Gasteiger partial charge on any atom is -0.316 e. The van der Waals surface area contributed by atoms with Crippen molar-refractivity contribution < 1.29 is 0 Å². The van der Waals surface area contributed by atoms with E-state index >= 15 is 0 Å². The van der Waals surface area contributed by atoms with Crippen molar-refractivity contribution in [1.82, 2.24) is 5.32 Å². The zero-order valence-corrected chi connectivity index (χ0v) is 7.46. The quantitative estimate of drug-likeness (QED) is 0.664. The first-order chi connectivity index (χ1) is 5.88. The molecular formula is C11H15N. The fourth-order valence-corrected chi connectivity index (χ4v) is 1.96. The van der Waals surface area contributed by atoms with Crippen LogP contribution < -0.4 is 5.32 Å². The van der Waals surface area contributed by atoms with Crippen LogP contribution in [0.3, 0.4) is 0 Å². The maximum atomic E-state index is 3.42. The van der Waals surface area contributed by atoms with E-state index in [0.717, 1.165) is 18.4 Å². The van der Waals surface area contributed by atoms with Crippen LogP contribution in [0.25, 0.3) is 0 Å². The van der Waals surface area contributed by atoms with E-state index in [1.165, 1.54) is 12.1 Å². The van der Waals surface area contributed by atoms with Crippen LogP contribution in [-0.2, 0) is 0 Å². The molecule has 0 aliphatic carbocycles. The van der Waals surface area contributed by atoms with E-state index in [2.05, 4.69) is 42.6 Å². The summed E-state index contributed by atoms with van der Waals surface area (Å²) in [6, 6.07) is 10.8. The SMILES string of the molecule is C[C@H]1CNC[C@@H]1c1ccccc1. The number of hydrogen-bond donors (Lipinski definition) is 1. The molecule has 1 nitrogen and oxygen atoms in total. The molecule has 0 radical (unpaired) electrons. The van der Waals surface area contributed by atoms with Gasteiger partial charge >= 0.3 is 0 Å². The summed E-state index contributed by atoms with van der Waals surface area (Å²) >= 11 is 0. The van der Waals surface area contributed by atoms with Crippen molar-refractivity contribution in [3.8, 4) is 0 Å². The van der Waals surface area contributed by atoms with Crippen molar-refractivity contribution in [2.75, 3.05) is 13.1 Å². The lowest BCUT2D eigenvalue weighted by molar-refractivity contribution is 0.572. The third kappa shape index (κ3) is 1.37. The number of hydrogen-bond acceptors (Lipinski definition) is 1. The molecule has 0 bridgehead atoms. The summed E-state index contributed by atoms with van der Waals surface area (Å²) < 4.78 is 0. The van der Waals surface area contributed by atoms with Crippen LogP contribution in [0.2, 0.25) is 0 Å². The molecule has 1 N–H and O–H groups in total. The van der Waals surface area contributed by atoms with Crippen molar-refractivity contribution in [2.45, 2.75) is 12.8 Å². The molecule has 1 heterocycles. The third-order valence-corrected chi connectivity index (χ3v) is 2.75. The highest BCUT2D eigenvalue weighted by Crippen LogP contribution is 2.26. The lowest BCUT2D eigenvalue weighted by Crippen LogP contribution is -2.07. The first-order valence-corrected chi connectivity index (χ1v) is 4.63. The topological polar surface area (TPSA) is 12.0 Å². The molecule has 2 atom stereocenters. The summed E-state index contributed by atoms with van der Waals surface area (Å²) in [4.78, 5) is 0. The Morgan fingerprint density at radius 3 is 2.50 bits per heavy atom. The molecule has 0 saturated carbocycles. The van der Waals surface area contributed by atoms with Crippen molar-refractivity contribution in [1.29, 1.82) is 0 Å². The molecule has 0 spiro atoms. The molecule has 64 valence electrons. The van der Waals surface area contributed by atoms with E-state index in [1.54, 1.807) is 0 Å². The van der Waals surface area contributed by atoms with E-state index in [-0.39, 0.29) is 0 Å². The molecule has 0 aromatic heterocycles. The molecule has 1 saturated heterocycles. The van der Waals surface area contributed by atoms with Gasteiger partial charge in [0, 0.05) is 12.5 Å². The van der Waals surface area contributed by atoms with Gasteiger partial charge in [0.15, 0.2) is 0 Å². The normalized spacial score (nSPS) is 29.1. The highest BCUT2D eigenvalue weighted by Gasteiger charge is 2.23. The van der Waals surface area contributed by atoms with Gasteiger partial charge in [-0.1, -0.05) is 37.3 Å². The molecule has 1 aliphatic heterocycles. The maximum absolute atomic E-state index is 3.42. The van der Waals surface area contributed by atoms with Gasteiger partial charge in [-0.05, 0) is 18.0 Å². The molecule has 2 rings (SSSR count). The molecule has 1 aromatic carbocycles. The Hall–Kier alpha value is -0.820. The Morgan fingerprint density at radius 2 is 1.92 bits per heavy atom. The van der Waals surface area contributed by atoms with E-state index in [4.69, 9.17) is 0 Å². The Morgan fingerprint density at radius 1 is 1.17 bits per heavy atom. The summed E-state index contributed by atoms with van der Waals surface area (Å²) in [5.74, 6) is 1.51. The smallest absolute Gasteiger partial charge is 0.00233 e. The minimum absolute atomic E-state index is 0.728. The number of nitrogens with one attached hydrogen (secondary N) is 1. The molecule has 1 aromatic rings. The fourth-order valence-electron chi connectivity index (χ4n) is 1.96.